The quantitative estimate of drug-likeness (QED) is 0.689. The number of nitrogens with one attached hydrogen (secondary N) is 2. The molecule has 0 heterocycles. The maximum Gasteiger partial charge on any atom is 0.315 e. The third-order valence-electron chi connectivity index (χ3n) is 4.65. The van der Waals surface area contributed by atoms with Crippen LogP contribution in [0.25, 0.3) is 0 Å². The Morgan fingerprint density at radius 3 is 2.57 bits per heavy atom. The van der Waals surface area contributed by atoms with E-state index in [4.69, 9.17) is 4.74 Å². The lowest BCUT2D eigenvalue weighted by molar-refractivity contribution is 0.0349. The van der Waals surface area contributed by atoms with Crippen LogP contribution in [-0.4, -0.2) is 29.4 Å². The van der Waals surface area contributed by atoms with E-state index in [1.807, 2.05) is 38.1 Å². The molecule has 0 spiro atoms. The summed E-state index contributed by atoms with van der Waals surface area (Å²) in [6.45, 7) is 4.49. The van der Waals surface area contributed by atoms with Gasteiger partial charge in [-0.25, -0.2) is 4.79 Å². The minimum Gasteiger partial charge on any atom is -0.490 e. The van der Waals surface area contributed by atoms with Crippen molar-refractivity contribution in [3.05, 3.63) is 29.8 Å². The van der Waals surface area contributed by atoms with Gasteiger partial charge < -0.3 is 20.5 Å². The summed E-state index contributed by atoms with van der Waals surface area (Å²) >= 11 is 0. The fourth-order valence-electron chi connectivity index (χ4n) is 2.42. The van der Waals surface area contributed by atoms with Gasteiger partial charge in [0.25, 0.3) is 0 Å². The second-order valence-corrected chi connectivity index (χ2v) is 6.25. The summed E-state index contributed by atoms with van der Waals surface area (Å²) in [6.07, 6.45) is 4.98. The molecule has 0 saturated heterocycles. The Hall–Kier alpha value is -1.75. The number of hydrogen-bond donors (Lipinski definition) is 3. The van der Waals surface area contributed by atoms with E-state index in [1.165, 1.54) is 6.42 Å². The highest BCUT2D eigenvalue weighted by atomic mass is 16.5. The van der Waals surface area contributed by atoms with Crippen molar-refractivity contribution in [1.29, 1.82) is 0 Å². The van der Waals surface area contributed by atoms with Gasteiger partial charge in [-0.15, -0.1) is 0 Å². The van der Waals surface area contributed by atoms with Gasteiger partial charge in [-0.1, -0.05) is 32.0 Å². The number of aliphatic hydroxyl groups is 1. The number of hydrogen-bond acceptors (Lipinski definition) is 3. The van der Waals surface area contributed by atoms with Crippen molar-refractivity contribution in [3.8, 4) is 5.75 Å². The van der Waals surface area contributed by atoms with E-state index in [1.54, 1.807) is 0 Å². The van der Waals surface area contributed by atoms with Crippen molar-refractivity contribution in [2.24, 2.45) is 0 Å². The van der Waals surface area contributed by atoms with Crippen LogP contribution >= 0.6 is 0 Å². The van der Waals surface area contributed by atoms with E-state index < -0.39 is 5.60 Å². The molecule has 128 valence electrons. The van der Waals surface area contributed by atoms with E-state index in [0.717, 1.165) is 24.2 Å². The van der Waals surface area contributed by atoms with Crippen molar-refractivity contribution in [2.75, 3.05) is 6.54 Å². The second kappa shape index (κ2) is 8.20. The molecule has 5 nitrogen and oxygen atoms in total. The molecule has 1 aromatic rings. The summed E-state index contributed by atoms with van der Waals surface area (Å²) in [7, 11) is 0. The number of carbonyl (C=O) groups excluding carboxylic acids is 1. The van der Waals surface area contributed by atoms with Crippen molar-refractivity contribution < 1.29 is 14.6 Å². The van der Waals surface area contributed by atoms with E-state index in [0.29, 0.717) is 25.5 Å². The number of benzene rings is 1. The van der Waals surface area contributed by atoms with E-state index in [2.05, 4.69) is 10.6 Å². The fourth-order valence-corrected chi connectivity index (χ4v) is 2.42. The molecule has 1 saturated carbocycles. The van der Waals surface area contributed by atoms with Crippen LogP contribution in [0.1, 0.15) is 51.5 Å². The number of amides is 2. The number of carbonyl (C=O) groups is 1. The third-order valence-corrected chi connectivity index (χ3v) is 4.65. The van der Waals surface area contributed by atoms with Gasteiger partial charge in [-0.2, -0.15) is 0 Å². The smallest absolute Gasteiger partial charge is 0.315 e. The highest BCUT2D eigenvalue weighted by Gasteiger charge is 2.23. The van der Waals surface area contributed by atoms with Gasteiger partial charge in [-0.3, -0.25) is 0 Å². The van der Waals surface area contributed by atoms with Crippen LogP contribution in [0.3, 0.4) is 0 Å². The van der Waals surface area contributed by atoms with Crippen LogP contribution in [0, 0.1) is 0 Å². The summed E-state index contributed by atoms with van der Waals surface area (Å²) in [4.78, 5) is 11.9. The van der Waals surface area contributed by atoms with Crippen molar-refractivity contribution in [1.82, 2.24) is 10.6 Å². The Labute approximate surface area is 138 Å². The summed E-state index contributed by atoms with van der Waals surface area (Å²) in [5, 5.41) is 15.7. The van der Waals surface area contributed by atoms with Gasteiger partial charge in [-0.05, 0) is 38.2 Å². The molecule has 1 aliphatic rings. The van der Waals surface area contributed by atoms with Crippen molar-refractivity contribution in [3.63, 3.8) is 0 Å². The van der Waals surface area contributed by atoms with Crippen LogP contribution in [0.2, 0.25) is 0 Å². The predicted molar refractivity (Wildman–Crippen MR) is 90.5 cm³/mol. The van der Waals surface area contributed by atoms with Gasteiger partial charge in [0.05, 0.1) is 11.7 Å². The van der Waals surface area contributed by atoms with Crippen LogP contribution < -0.4 is 15.4 Å². The number of rotatable bonds is 8. The molecule has 5 heteroatoms. The summed E-state index contributed by atoms with van der Waals surface area (Å²) in [5.41, 5.74) is 0.138. The van der Waals surface area contributed by atoms with Crippen LogP contribution in [0.5, 0.6) is 5.75 Å². The van der Waals surface area contributed by atoms with Gasteiger partial charge >= 0.3 is 6.03 Å². The molecule has 23 heavy (non-hydrogen) atoms. The molecule has 0 aliphatic heterocycles. The first-order valence-corrected chi connectivity index (χ1v) is 8.55. The average molecular weight is 320 g/mol. The second-order valence-electron chi connectivity index (χ2n) is 6.25. The largest absolute Gasteiger partial charge is 0.490 e. The normalized spacial score (nSPS) is 14.9. The predicted octanol–water partition coefficient (Wildman–Crippen LogP) is 2.97. The third kappa shape index (κ3) is 5.13. The first-order valence-electron chi connectivity index (χ1n) is 8.55. The molecule has 1 aromatic carbocycles. The molecule has 3 N–H and O–H groups in total. The lowest BCUT2D eigenvalue weighted by Crippen LogP contribution is -2.45. The molecule has 0 radical (unpaired) electrons. The van der Waals surface area contributed by atoms with E-state index in [9.17, 15) is 9.90 Å². The number of ether oxygens (including phenoxy) is 1. The SMILES string of the molecule is CCC(O)(CC)CNC(=O)NCc1ccccc1OC1CCC1. The highest BCUT2D eigenvalue weighted by Crippen LogP contribution is 2.27. The molecule has 0 unspecified atom stereocenters. The van der Waals surface area contributed by atoms with Gasteiger partial charge in [0, 0.05) is 18.7 Å². The molecule has 1 aliphatic carbocycles. The first kappa shape index (κ1) is 17.6. The number of para-hydroxylation sites is 1. The monoisotopic (exact) mass is 320 g/mol. The topological polar surface area (TPSA) is 70.6 Å². The molecular weight excluding hydrogens is 292 g/mol. The van der Waals surface area contributed by atoms with Gasteiger partial charge in [0.1, 0.15) is 5.75 Å². The standard InChI is InChI=1S/C18H28N2O3/c1-3-18(22,4-2)13-20-17(21)19-12-14-8-5-6-11-16(14)23-15-9-7-10-15/h5-6,8,11,15,22H,3-4,7,9-10,12-13H2,1-2H3,(H2,19,20,21). The molecule has 2 amide bonds. The van der Waals surface area contributed by atoms with Gasteiger partial charge in [0.2, 0.25) is 0 Å². The Morgan fingerprint density at radius 1 is 1.26 bits per heavy atom. The Kier molecular flexibility index (Phi) is 6.28. The molecule has 0 atom stereocenters. The summed E-state index contributed by atoms with van der Waals surface area (Å²) < 4.78 is 5.95. The van der Waals surface area contributed by atoms with Crippen molar-refractivity contribution >= 4 is 6.03 Å². The molecule has 0 bridgehead atoms. The zero-order valence-corrected chi connectivity index (χ0v) is 14.1. The Bertz CT molecular complexity index is 511. The number of urea groups is 1. The van der Waals surface area contributed by atoms with Gasteiger partial charge in [0.15, 0.2) is 0 Å². The minimum atomic E-state index is -0.831. The van der Waals surface area contributed by atoms with E-state index >= 15 is 0 Å². The maximum absolute atomic E-state index is 11.9. The Morgan fingerprint density at radius 2 is 1.96 bits per heavy atom. The van der Waals surface area contributed by atoms with Crippen LogP contribution in [-0.2, 0) is 6.54 Å². The van der Waals surface area contributed by atoms with Crippen molar-refractivity contribution in [2.45, 2.75) is 64.2 Å². The minimum absolute atomic E-state index is 0.256. The molecule has 1 fully saturated rings. The van der Waals surface area contributed by atoms with E-state index in [-0.39, 0.29) is 12.6 Å². The Balaban J connectivity index is 1.82. The zero-order chi connectivity index (χ0) is 16.7. The summed E-state index contributed by atoms with van der Waals surface area (Å²) in [6, 6.07) is 7.52. The highest BCUT2D eigenvalue weighted by molar-refractivity contribution is 5.74. The molecule has 2 rings (SSSR count). The molecule has 0 aromatic heterocycles. The van der Waals surface area contributed by atoms with Crippen LogP contribution in [0.4, 0.5) is 4.79 Å². The maximum atomic E-state index is 11.9. The van der Waals surface area contributed by atoms with Crippen LogP contribution in [0.15, 0.2) is 24.3 Å². The lowest BCUT2D eigenvalue weighted by atomic mass is 9.96. The fraction of sp³-hybridized carbons (Fsp3) is 0.611. The zero-order valence-electron chi connectivity index (χ0n) is 14.1. The summed E-state index contributed by atoms with van der Waals surface area (Å²) in [5.74, 6) is 0.844. The lowest BCUT2D eigenvalue weighted by Gasteiger charge is -2.27. The first-order chi connectivity index (χ1) is 11.1. The molecular formula is C18H28N2O3. The average Bonchev–Trinajstić information content (AvgIpc) is 2.55.